The molecule has 0 radical (unpaired) electrons. The summed E-state index contributed by atoms with van der Waals surface area (Å²) in [4.78, 5) is 15.6. The molecule has 2 aliphatic heterocycles. The van der Waals surface area contributed by atoms with E-state index >= 15 is 0 Å². The second-order valence-electron chi connectivity index (χ2n) is 3.54. The van der Waals surface area contributed by atoms with E-state index in [4.69, 9.17) is 0 Å². The molecule has 11 heavy (non-hydrogen) atoms. The summed E-state index contributed by atoms with van der Waals surface area (Å²) in [5.74, 6) is 0.364. The van der Waals surface area contributed by atoms with Gasteiger partial charge in [-0.25, -0.2) is 0 Å². The molecule has 2 rings (SSSR count). The van der Waals surface area contributed by atoms with Crippen molar-refractivity contribution in [3.63, 3.8) is 0 Å². The van der Waals surface area contributed by atoms with Crippen molar-refractivity contribution in [2.24, 2.45) is 0 Å². The average Bonchev–Trinajstić information content (AvgIpc) is 2.32. The van der Waals surface area contributed by atoms with Crippen LogP contribution in [0.1, 0.15) is 12.8 Å². The Bertz CT molecular complexity index is 181. The first kappa shape index (κ1) is 7.10. The monoisotopic (exact) mass is 154 g/mol. The first-order chi connectivity index (χ1) is 5.27. The highest BCUT2D eigenvalue weighted by atomic mass is 16.2. The van der Waals surface area contributed by atoms with E-state index in [9.17, 15) is 4.79 Å². The minimum atomic E-state index is 0.364. The van der Waals surface area contributed by atoms with Gasteiger partial charge in [0.15, 0.2) is 0 Å². The molecule has 2 aliphatic rings. The van der Waals surface area contributed by atoms with E-state index in [1.807, 2.05) is 4.90 Å². The van der Waals surface area contributed by atoms with Crippen LogP contribution in [0.25, 0.3) is 0 Å². The predicted octanol–water partition coefficient (Wildman–Crippen LogP) is -0.0772. The molecule has 2 heterocycles. The highest BCUT2D eigenvalue weighted by molar-refractivity contribution is 5.78. The van der Waals surface area contributed by atoms with Crippen molar-refractivity contribution in [2.75, 3.05) is 26.7 Å². The van der Waals surface area contributed by atoms with Crippen molar-refractivity contribution < 1.29 is 4.79 Å². The molecule has 0 bridgehead atoms. The van der Waals surface area contributed by atoms with Gasteiger partial charge in [0.05, 0.1) is 0 Å². The molecule has 0 aliphatic carbocycles. The van der Waals surface area contributed by atoms with Crippen LogP contribution in [0, 0.1) is 0 Å². The van der Waals surface area contributed by atoms with Gasteiger partial charge in [0, 0.05) is 32.1 Å². The largest absolute Gasteiger partial charge is 0.337 e. The molecule has 0 spiro atoms. The topological polar surface area (TPSA) is 23.6 Å². The minimum Gasteiger partial charge on any atom is -0.337 e. The van der Waals surface area contributed by atoms with Crippen LogP contribution in [-0.2, 0) is 4.79 Å². The summed E-state index contributed by atoms with van der Waals surface area (Å²) in [5.41, 5.74) is 0. The molecule has 0 aromatic carbocycles. The van der Waals surface area contributed by atoms with Gasteiger partial charge in [-0.3, -0.25) is 4.79 Å². The second-order valence-corrected chi connectivity index (χ2v) is 3.54. The fraction of sp³-hybridized carbons (Fsp3) is 0.875. The number of rotatable bonds is 0. The molecule has 62 valence electrons. The SMILES string of the molecule is CN1CCN2C(=O)CCC2C1. The molecule has 3 nitrogen and oxygen atoms in total. The summed E-state index contributed by atoms with van der Waals surface area (Å²) < 4.78 is 0. The quantitative estimate of drug-likeness (QED) is 0.487. The molecule has 2 saturated heterocycles. The van der Waals surface area contributed by atoms with E-state index < -0.39 is 0 Å². The zero-order valence-corrected chi connectivity index (χ0v) is 6.92. The van der Waals surface area contributed by atoms with Crippen LogP contribution in [-0.4, -0.2) is 48.4 Å². The first-order valence-corrected chi connectivity index (χ1v) is 4.25. The third kappa shape index (κ3) is 1.13. The highest BCUT2D eigenvalue weighted by Gasteiger charge is 2.33. The van der Waals surface area contributed by atoms with E-state index in [1.54, 1.807) is 0 Å². The average molecular weight is 154 g/mol. The predicted molar refractivity (Wildman–Crippen MR) is 42.2 cm³/mol. The molecular weight excluding hydrogens is 140 g/mol. The summed E-state index contributed by atoms with van der Waals surface area (Å²) in [7, 11) is 2.13. The first-order valence-electron chi connectivity index (χ1n) is 4.25. The number of carbonyl (C=O) groups excluding carboxylic acids is 1. The molecule has 0 aromatic rings. The van der Waals surface area contributed by atoms with Gasteiger partial charge in [-0.2, -0.15) is 0 Å². The van der Waals surface area contributed by atoms with Crippen LogP contribution in [0.3, 0.4) is 0 Å². The Labute approximate surface area is 67.0 Å². The maximum absolute atomic E-state index is 11.2. The normalized spacial score (nSPS) is 32.6. The molecule has 1 amide bonds. The standard InChI is InChI=1S/C8H14N2O/c1-9-4-5-10-7(6-9)2-3-8(10)11/h7H,2-6H2,1H3. The van der Waals surface area contributed by atoms with Gasteiger partial charge in [0.25, 0.3) is 0 Å². The van der Waals surface area contributed by atoms with Crippen LogP contribution in [0.5, 0.6) is 0 Å². The van der Waals surface area contributed by atoms with Gasteiger partial charge in [0.1, 0.15) is 0 Å². The molecule has 0 saturated carbocycles. The number of piperazine rings is 1. The van der Waals surface area contributed by atoms with Gasteiger partial charge in [-0.1, -0.05) is 0 Å². The summed E-state index contributed by atoms with van der Waals surface area (Å²) in [5, 5.41) is 0. The van der Waals surface area contributed by atoms with E-state index in [2.05, 4.69) is 11.9 Å². The van der Waals surface area contributed by atoms with Crippen LogP contribution >= 0.6 is 0 Å². The third-order valence-corrected chi connectivity index (χ3v) is 2.70. The summed E-state index contributed by atoms with van der Waals surface area (Å²) in [6.07, 6.45) is 1.85. The zero-order chi connectivity index (χ0) is 7.84. The van der Waals surface area contributed by atoms with Crippen molar-refractivity contribution in [3.8, 4) is 0 Å². The Balaban J connectivity index is 2.06. The van der Waals surface area contributed by atoms with Crippen LogP contribution < -0.4 is 0 Å². The van der Waals surface area contributed by atoms with Crippen molar-refractivity contribution >= 4 is 5.91 Å². The van der Waals surface area contributed by atoms with Gasteiger partial charge >= 0.3 is 0 Å². The third-order valence-electron chi connectivity index (χ3n) is 2.70. The lowest BCUT2D eigenvalue weighted by Crippen LogP contribution is -2.49. The van der Waals surface area contributed by atoms with Crippen LogP contribution in [0.2, 0.25) is 0 Å². The van der Waals surface area contributed by atoms with Gasteiger partial charge < -0.3 is 9.80 Å². The molecule has 1 unspecified atom stereocenters. The molecule has 1 atom stereocenters. The maximum atomic E-state index is 11.2. The summed E-state index contributed by atoms with van der Waals surface area (Å²) in [6.45, 7) is 3.06. The van der Waals surface area contributed by atoms with E-state index in [-0.39, 0.29) is 0 Å². The number of amides is 1. The molecular formula is C8H14N2O. The van der Waals surface area contributed by atoms with E-state index in [0.717, 1.165) is 32.5 Å². The van der Waals surface area contributed by atoms with Crippen molar-refractivity contribution in [2.45, 2.75) is 18.9 Å². The van der Waals surface area contributed by atoms with Crippen molar-refractivity contribution in [1.82, 2.24) is 9.80 Å². The smallest absolute Gasteiger partial charge is 0.222 e. The van der Waals surface area contributed by atoms with Gasteiger partial charge in [-0.05, 0) is 13.5 Å². The maximum Gasteiger partial charge on any atom is 0.222 e. The zero-order valence-electron chi connectivity index (χ0n) is 6.92. The highest BCUT2D eigenvalue weighted by Crippen LogP contribution is 2.21. The van der Waals surface area contributed by atoms with Crippen molar-refractivity contribution in [1.29, 1.82) is 0 Å². The summed E-state index contributed by atoms with van der Waals surface area (Å²) in [6, 6.07) is 0.529. The molecule has 3 heteroatoms. The minimum absolute atomic E-state index is 0.364. The lowest BCUT2D eigenvalue weighted by Gasteiger charge is -2.35. The number of carbonyl (C=O) groups is 1. The number of fused-ring (bicyclic) bond motifs is 1. The number of hydrogen-bond acceptors (Lipinski definition) is 2. The lowest BCUT2D eigenvalue weighted by molar-refractivity contribution is -0.130. The Kier molecular flexibility index (Phi) is 1.60. The fourth-order valence-electron chi connectivity index (χ4n) is 2.02. The number of nitrogens with zero attached hydrogens (tertiary/aromatic N) is 2. The van der Waals surface area contributed by atoms with Crippen LogP contribution in [0.15, 0.2) is 0 Å². The molecule has 0 N–H and O–H groups in total. The van der Waals surface area contributed by atoms with Crippen molar-refractivity contribution in [3.05, 3.63) is 0 Å². The van der Waals surface area contributed by atoms with Crippen LogP contribution in [0.4, 0.5) is 0 Å². The summed E-state index contributed by atoms with van der Waals surface area (Å²) >= 11 is 0. The van der Waals surface area contributed by atoms with Gasteiger partial charge in [0.2, 0.25) is 5.91 Å². The molecule has 2 fully saturated rings. The van der Waals surface area contributed by atoms with E-state index in [1.165, 1.54) is 0 Å². The number of likely N-dealkylation sites (N-methyl/N-ethyl adjacent to an activating group) is 1. The fourth-order valence-corrected chi connectivity index (χ4v) is 2.02. The van der Waals surface area contributed by atoms with E-state index in [0.29, 0.717) is 11.9 Å². The Hall–Kier alpha value is -0.570. The lowest BCUT2D eigenvalue weighted by atomic mass is 10.2. The Morgan fingerprint density at radius 3 is 3.09 bits per heavy atom. The van der Waals surface area contributed by atoms with Gasteiger partial charge in [-0.15, -0.1) is 0 Å². The molecule has 0 aromatic heterocycles. The second kappa shape index (κ2) is 2.48. The Morgan fingerprint density at radius 2 is 2.27 bits per heavy atom. The number of hydrogen-bond donors (Lipinski definition) is 0. The Morgan fingerprint density at radius 1 is 1.45 bits per heavy atom.